The smallest absolute Gasteiger partial charge is 0.252 e. The Morgan fingerprint density at radius 2 is 2.00 bits per heavy atom. The third-order valence-electron chi connectivity index (χ3n) is 2.97. The molecule has 0 saturated carbocycles. The number of halogens is 1. The van der Waals surface area contributed by atoms with Gasteiger partial charge in [-0.1, -0.05) is 13.8 Å². The van der Waals surface area contributed by atoms with Crippen LogP contribution in [0.4, 0.5) is 0 Å². The summed E-state index contributed by atoms with van der Waals surface area (Å²) < 4.78 is 5.92. The van der Waals surface area contributed by atoms with Gasteiger partial charge in [0.05, 0.1) is 12.7 Å². The monoisotopic (exact) mass is 327 g/mol. The van der Waals surface area contributed by atoms with E-state index in [0.29, 0.717) is 17.2 Å². The second kappa shape index (κ2) is 7.53. The van der Waals surface area contributed by atoms with E-state index in [1.54, 1.807) is 13.2 Å². The number of benzene rings is 1. The zero-order chi connectivity index (χ0) is 14.4. The van der Waals surface area contributed by atoms with E-state index in [-0.39, 0.29) is 11.9 Å². The van der Waals surface area contributed by atoms with Gasteiger partial charge in [0.2, 0.25) is 0 Å². The highest BCUT2D eigenvalue weighted by Gasteiger charge is 2.14. The molecular weight excluding hydrogens is 306 g/mol. The summed E-state index contributed by atoms with van der Waals surface area (Å²) in [6.07, 6.45) is 2.10. The zero-order valence-corrected chi connectivity index (χ0v) is 13.6. The average Bonchev–Trinajstić information content (AvgIpc) is 2.36. The maximum absolute atomic E-state index is 12.2. The first-order valence-corrected chi connectivity index (χ1v) is 7.37. The van der Waals surface area contributed by atoms with Crippen molar-refractivity contribution in [2.24, 2.45) is 5.92 Å². The van der Waals surface area contributed by atoms with Crippen LogP contribution in [0.5, 0.6) is 5.75 Å². The van der Waals surface area contributed by atoms with Crippen LogP contribution in [0.15, 0.2) is 22.7 Å². The Balaban J connectivity index is 2.67. The summed E-state index contributed by atoms with van der Waals surface area (Å²) in [6.45, 7) is 6.41. The van der Waals surface area contributed by atoms with Gasteiger partial charge in [-0.25, -0.2) is 0 Å². The summed E-state index contributed by atoms with van der Waals surface area (Å²) >= 11 is 3.40. The van der Waals surface area contributed by atoms with E-state index < -0.39 is 0 Å². The molecule has 4 heteroatoms. The van der Waals surface area contributed by atoms with Crippen LogP contribution in [0.2, 0.25) is 0 Å². The van der Waals surface area contributed by atoms with E-state index in [4.69, 9.17) is 4.74 Å². The minimum Gasteiger partial charge on any atom is -0.497 e. The Labute approximate surface area is 123 Å². The van der Waals surface area contributed by atoms with E-state index in [0.717, 1.165) is 17.3 Å². The molecule has 0 heterocycles. The van der Waals surface area contributed by atoms with Gasteiger partial charge >= 0.3 is 0 Å². The molecule has 3 nitrogen and oxygen atoms in total. The Bertz CT molecular complexity index is 432. The molecule has 1 rings (SSSR count). The van der Waals surface area contributed by atoms with Gasteiger partial charge in [0.15, 0.2) is 0 Å². The molecule has 0 aliphatic carbocycles. The molecule has 0 saturated heterocycles. The third kappa shape index (κ3) is 5.23. The fourth-order valence-corrected chi connectivity index (χ4v) is 2.19. The van der Waals surface area contributed by atoms with Crippen molar-refractivity contribution in [1.82, 2.24) is 5.32 Å². The second-order valence-corrected chi connectivity index (χ2v) is 6.05. The number of nitrogens with one attached hydrogen (secondary N) is 1. The molecule has 0 aromatic heterocycles. The van der Waals surface area contributed by atoms with Crippen molar-refractivity contribution >= 4 is 21.8 Å². The van der Waals surface area contributed by atoms with Crippen molar-refractivity contribution in [3.05, 3.63) is 28.2 Å². The molecule has 1 atom stereocenters. The topological polar surface area (TPSA) is 38.3 Å². The number of ether oxygens (including phenoxy) is 1. The van der Waals surface area contributed by atoms with E-state index >= 15 is 0 Å². The van der Waals surface area contributed by atoms with Gasteiger partial charge in [0, 0.05) is 10.5 Å². The third-order valence-corrected chi connectivity index (χ3v) is 3.66. The summed E-state index contributed by atoms with van der Waals surface area (Å²) in [7, 11) is 1.59. The van der Waals surface area contributed by atoms with Crippen LogP contribution in [0, 0.1) is 5.92 Å². The van der Waals surface area contributed by atoms with Crippen molar-refractivity contribution in [3.63, 3.8) is 0 Å². The molecule has 106 valence electrons. The predicted molar refractivity (Wildman–Crippen MR) is 81.7 cm³/mol. The fourth-order valence-electron chi connectivity index (χ4n) is 1.76. The molecule has 0 bridgehead atoms. The zero-order valence-electron chi connectivity index (χ0n) is 12.0. The van der Waals surface area contributed by atoms with Crippen LogP contribution in [-0.2, 0) is 0 Å². The molecule has 0 fully saturated rings. The Kier molecular flexibility index (Phi) is 6.35. The first kappa shape index (κ1) is 16.0. The molecule has 1 N–H and O–H groups in total. The van der Waals surface area contributed by atoms with Crippen molar-refractivity contribution < 1.29 is 9.53 Å². The predicted octanol–water partition coefficient (Wildman–Crippen LogP) is 4.01. The van der Waals surface area contributed by atoms with Crippen LogP contribution in [0.1, 0.15) is 44.0 Å². The van der Waals surface area contributed by atoms with Gasteiger partial charge in [-0.2, -0.15) is 0 Å². The maximum Gasteiger partial charge on any atom is 0.252 e. The van der Waals surface area contributed by atoms with Crippen LogP contribution in [0.3, 0.4) is 0 Å². The first-order chi connectivity index (χ1) is 8.93. The average molecular weight is 328 g/mol. The summed E-state index contributed by atoms with van der Waals surface area (Å²) in [4.78, 5) is 12.2. The molecule has 1 aromatic rings. The largest absolute Gasteiger partial charge is 0.497 e. The Morgan fingerprint density at radius 1 is 1.32 bits per heavy atom. The quantitative estimate of drug-likeness (QED) is 0.857. The molecule has 1 aromatic carbocycles. The van der Waals surface area contributed by atoms with Crippen molar-refractivity contribution in [2.45, 2.75) is 39.7 Å². The summed E-state index contributed by atoms with van der Waals surface area (Å²) in [5.74, 6) is 1.27. The van der Waals surface area contributed by atoms with Crippen molar-refractivity contribution in [1.29, 1.82) is 0 Å². The van der Waals surface area contributed by atoms with E-state index in [1.165, 1.54) is 0 Å². The SMILES string of the molecule is COc1ccc(Br)c(C(=O)NC(C)CCC(C)C)c1. The van der Waals surface area contributed by atoms with Crippen molar-refractivity contribution in [2.75, 3.05) is 7.11 Å². The number of carbonyl (C=O) groups excluding carboxylic acids is 1. The van der Waals surface area contributed by atoms with Gasteiger partial charge in [-0.05, 0) is 59.8 Å². The van der Waals surface area contributed by atoms with Gasteiger partial charge in [-0.3, -0.25) is 4.79 Å². The highest BCUT2D eigenvalue weighted by atomic mass is 79.9. The molecule has 19 heavy (non-hydrogen) atoms. The number of rotatable bonds is 6. The molecule has 0 aliphatic heterocycles. The lowest BCUT2D eigenvalue weighted by molar-refractivity contribution is 0.0936. The molecule has 0 spiro atoms. The number of hydrogen-bond donors (Lipinski definition) is 1. The van der Waals surface area contributed by atoms with Gasteiger partial charge < -0.3 is 10.1 Å². The summed E-state index contributed by atoms with van der Waals surface area (Å²) in [5.41, 5.74) is 0.607. The number of hydrogen-bond acceptors (Lipinski definition) is 2. The van der Waals surface area contributed by atoms with Crippen LogP contribution >= 0.6 is 15.9 Å². The molecule has 1 unspecified atom stereocenters. The van der Waals surface area contributed by atoms with Gasteiger partial charge in [-0.15, -0.1) is 0 Å². The molecule has 0 aliphatic rings. The van der Waals surface area contributed by atoms with Crippen LogP contribution in [0.25, 0.3) is 0 Å². The number of amides is 1. The standard InChI is InChI=1S/C15H22BrNO2/c1-10(2)5-6-11(3)17-15(18)13-9-12(19-4)7-8-14(13)16/h7-11H,5-6H2,1-4H3,(H,17,18). The Hall–Kier alpha value is -1.03. The minimum absolute atomic E-state index is 0.0676. The van der Waals surface area contributed by atoms with E-state index in [1.807, 2.05) is 19.1 Å². The fraction of sp³-hybridized carbons (Fsp3) is 0.533. The maximum atomic E-state index is 12.2. The normalized spacial score (nSPS) is 12.3. The lowest BCUT2D eigenvalue weighted by Crippen LogP contribution is -2.33. The van der Waals surface area contributed by atoms with Gasteiger partial charge in [0.25, 0.3) is 5.91 Å². The highest BCUT2D eigenvalue weighted by molar-refractivity contribution is 9.10. The van der Waals surface area contributed by atoms with Gasteiger partial charge in [0.1, 0.15) is 5.75 Å². The van der Waals surface area contributed by atoms with Crippen LogP contribution in [-0.4, -0.2) is 19.1 Å². The second-order valence-electron chi connectivity index (χ2n) is 5.19. The number of methoxy groups -OCH3 is 1. The minimum atomic E-state index is -0.0676. The van der Waals surface area contributed by atoms with Crippen LogP contribution < -0.4 is 10.1 Å². The molecule has 1 amide bonds. The van der Waals surface area contributed by atoms with E-state index in [2.05, 4.69) is 35.1 Å². The molecule has 0 radical (unpaired) electrons. The summed E-state index contributed by atoms with van der Waals surface area (Å²) in [5, 5.41) is 3.02. The van der Waals surface area contributed by atoms with Crippen molar-refractivity contribution in [3.8, 4) is 5.75 Å². The molecular formula is C15H22BrNO2. The lowest BCUT2D eigenvalue weighted by atomic mass is 10.0. The first-order valence-electron chi connectivity index (χ1n) is 6.58. The Morgan fingerprint density at radius 3 is 2.58 bits per heavy atom. The number of carbonyl (C=O) groups is 1. The van der Waals surface area contributed by atoms with E-state index in [9.17, 15) is 4.79 Å². The summed E-state index contributed by atoms with van der Waals surface area (Å²) in [6, 6.07) is 5.57. The highest BCUT2D eigenvalue weighted by Crippen LogP contribution is 2.22. The lowest BCUT2D eigenvalue weighted by Gasteiger charge is -2.16.